The normalized spacial score (nSPS) is 1.75. The summed E-state index contributed by atoms with van der Waals surface area (Å²) in [6.07, 6.45) is 0. The third-order valence-electron chi connectivity index (χ3n) is 0. The highest BCUT2D eigenvalue weighted by Crippen LogP contribution is 1.21. The Labute approximate surface area is 48.8 Å². The van der Waals surface area contributed by atoms with E-state index < -0.39 is 0 Å². The summed E-state index contributed by atoms with van der Waals surface area (Å²) in [5.41, 5.74) is 0. The van der Waals surface area contributed by atoms with Gasteiger partial charge in [-0.05, 0) is 0 Å². The Hall–Kier alpha value is -0.670. The van der Waals surface area contributed by atoms with Crippen LogP contribution in [0.1, 0.15) is 6.92 Å². The maximum Gasteiger partial charge on any atom is 0.0587 e. The first-order valence-corrected chi connectivity index (χ1v) is 1.17. The molecule has 0 amide bonds. The molecule has 0 atom stereocenters. The van der Waals surface area contributed by atoms with Gasteiger partial charge >= 0.3 is 0 Å². The molecule has 0 aliphatic carbocycles. The summed E-state index contributed by atoms with van der Waals surface area (Å²) in [7, 11) is 1.00. The standard InChI is InChI=1S/C2H3N.CH4O.H3N.2H2O/c1-2-3;1-2;;;/h1H3;2H,1H3;1H3;2*1H2/p-1. The van der Waals surface area contributed by atoms with E-state index in [1.165, 1.54) is 6.92 Å². The Morgan fingerprint density at radius 2 is 1.38 bits per heavy atom. The summed E-state index contributed by atoms with van der Waals surface area (Å²) in [5.74, 6) is 0. The van der Waals surface area contributed by atoms with Crippen molar-refractivity contribution in [2.24, 2.45) is 0 Å². The summed E-state index contributed by atoms with van der Waals surface area (Å²) in [6, 6.07) is 1.75. The lowest BCUT2D eigenvalue weighted by Gasteiger charge is -1.21. The van der Waals surface area contributed by atoms with Gasteiger partial charge in [-0.2, -0.15) is 5.26 Å². The molecule has 0 aromatic heterocycles. The fraction of sp³-hybridized carbons (Fsp3) is 0.667. The van der Waals surface area contributed by atoms with E-state index in [-0.39, 0.29) is 17.1 Å². The molecule has 0 aromatic carbocycles. The number of rotatable bonds is 0. The second kappa shape index (κ2) is 1650. The Bertz CT molecular complexity index is 34.0. The number of aliphatic hydroxyl groups excluding tert-OH is 1. The highest BCUT2D eigenvalue weighted by atomic mass is 16.2. The molecule has 0 heterocycles. The highest BCUT2D eigenvalue weighted by Gasteiger charge is 1.17. The van der Waals surface area contributed by atoms with E-state index in [1.54, 1.807) is 6.07 Å². The van der Waals surface area contributed by atoms with Gasteiger partial charge in [0.05, 0.1) is 6.07 Å². The van der Waals surface area contributed by atoms with E-state index in [0.717, 1.165) is 7.11 Å². The van der Waals surface area contributed by atoms with Gasteiger partial charge < -0.3 is 22.2 Å². The first-order valence-electron chi connectivity index (χ1n) is 1.17. The largest absolute Gasteiger partial charge is 0.870 e. The van der Waals surface area contributed by atoms with Gasteiger partial charge in [0.2, 0.25) is 0 Å². The van der Waals surface area contributed by atoms with Crippen molar-refractivity contribution in [2.45, 2.75) is 6.92 Å². The molecule has 5 heteroatoms. The van der Waals surface area contributed by atoms with E-state index in [0.29, 0.717) is 0 Å². The Balaban J connectivity index is -0.00000000567. The topological polar surface area (TPSA) is 141 Å². The summed E-state index contributed by atoms with van der Waals surface area (Å²) in [5, 5.41) is 14.3. The summed E-state index contributed by atoms with van der Waals surface area (Å²) < 4.78 is 0. The summed E-state index contributed by atoms with van der Waals surface area (Å²) in [4.78, 5) is 0. The van der Waals surface area contributed by atoms with Crippen LogP contribution in [0.2, 0.25) is 0 Å². The van der Waals surface area contributed by atoms with Crippen LogP contribution in [0.5, 0.6) is 0 Å². The molecule has 0 aliphatic rings. The molecule has 5 nitrogen and oxygen atoms in total. The molecule has 54 valence electrons. The zero-order valence-corrected chi connectivity index (χ0v) is 5.05. The minimum Gasteiger partial charge on any atom is -0.870 e. The predicted octanol–water partition coefficient (Wildman–Crippen LogP) is -0.701. The van der Waals surface area contributed by atoms with Crippen molar-refractivity contribution >= 4 is 0 Å². The number of nitrogens with zero attached hydrogens (tertiary/aromatic N) is 1. The molecular weight excluding hydrogens is 112 g/mol. The average Bonchev–Trinajstić information content (AvgIpc) is 1.46. The van der Waals surface area contributed by atoms with Crippen LogP contribution < -0.4 is 6.15 Å². The molecule has 0 bridgehead atoms. The van der Waals surface area contributed by atoms with Crippen molar-refractivity contribution in [3.63, 3.8) is 0 Å². The monoisotopic (exact) mass is 125 g/mol. The van der Waals surface area contributed by atoms with E-state index >= 15 is 0 Å². The maximum atomic E-state index is 7.32. The van der Waals surface area contributed by atoms with Crippen LogP contribution in [0.3, 0.4) is 0 Å². The Morgan fingerprint density at radius 1 is 1.38 bits per heavy atom. The fourth-order valence-corrected chi connectivity index (χ4v) is 0. The molecule has 7 N–H and O–H groups in total. The molecular formula is C3H13N2O3-. The minimum atomic E-state index is 0. The predicted molar refractivity (Wildman–Crippen MR) is 30.0 cm³/mol. The summed E-state index contributed by atoms with van der Waals surface area (Å²) >= 11 is 0. The van der Waals surface area contributed by atoms with Gasteiger partial charge in [0.25, 0.3) is 0 Å². The van der Waals surface area contributed by atoms with E-state index in [9.17, 15) is 0 Å². The summed E-state index contributed by atoms with van der Waals surface area (Å²) in [6.45, 7) is 1.43. The lowest BCUT2D eigenvalue weighted by atomic mass is 11.0. The Kier molecular flexibility index (Phi) is 11200. The molecule has 0 aliphatic heterocycles. The van der Waals surface area contributed by atoms with Gasteiger partial charge in [0, 0.05) is 14.0 Å². The fourth-order valence-electron chi connectivity index (χ4n) is 0. The van der Waals surface area contributed by atoms with Crippen molar-refractivity contribution in [1.29, 1.82) is 5.26 Å². The van der Waals surface area contributed by atoms with Crippen molar-refractivity contribution in [3.8, 4) is 6.07 Å². The van der Waals surface area contributed by atoms with Gasteiger partial charge in [0.15, 0.2) is 0 Å². The molecule has 0 rings (SSSR count). The Morgan fingerprint density at radius 3 is 1.38 bits per heavy atom. The average molecular weight is 125 g/mol. The SMILES string of the molecule is CC#N.CO.N.O.[OH-]. The molecule has 0 spiro atoms. The van der Waals surface area contributed by atoms with Gasteiger partial charge in [-0.3, -0.25) is 0 Å². The van der Waals surface area contributed by atoms with Crippen LogP contribution in [0.25, 0.3) is 0 Å². The highest BCUT2D eigenvalue weighted by molar-refractivity contribution is 4.51. The van der Waals surface area contributed by atoms with Crippen LogP contribution in [0, 0.1) is 11.3 Å². The smallest absolute Gasteiger partial charge is 0.0587 e. The molecule has 8 heavy (non-hydrogen) atoms. The molecule has 0 fully saturated rings. The molecule has 0 saturated carbocycles. The van der Waals surface area contributed by atoms with E-state index in [1.807, 2.05) is 0 Å². The first kappa shape index (κ1) is 54.1. The second-order valence-electron chi connectivity index (χ2n) is 0.224. The molecule has 0 aromatic rings. The van der Waals surface area contributed by atoms with Crippen LogP contribution >= 0.6 is 0 Å². The first-order chi connectivity index (χ1) is 2.41. The third-order valence-corrected chi connectivity index (χ3v) is 0. The molecule has 0 radical (unpaired) electrons. The maximum absolute atomic E-state index is 7.32. The molecule has 0 saturated heterocycles. The number of hydrogen-bond donors (Lipinski definition) is 2. The van der Waals surface area contributed by atoms with Crippen molar-refractivity contribution in [2.75, 3.05) is 7.11 Å². The lowest BCUT2D eigenvalue weighted by Crippen LogP contribution is -1.25. The lowest BCUT2D eigenvalue weighted by molar-refractivity contribution is 0.399. The van der Waals surface area contributed by atoms with Gasteiger partial charge in [-0.25, -0.2) is 0 Å². The van der Waals surface area contributed by atoms with Gasteiger partial charge in [-0.1, -0.05) is 0 Å². The van der Waals surface area contributed by atoms with Crippen LogP contribution in [0.4, 0.5) is 0 Å². The quantitative estimate of drug-likeness (QED) is 0.441. The number of nitriles is 1. The zero-order chi connectivity index (χ0) is 4.71. The van der Waals surface area contributed by atoms with Crippen LogP contribution in [-0.4, -0.2) is 23.2 Å². The van der Waals surface area contributed by atoms with E-state index in [2.05, 4.69) is 0 Å². The van der Waals surface area contributed by atoms with Crippen LogP contribution in [-0.2, 0) is 0 Å². The van der Waals surface area contributed by atoms with E-state index in [4.69, 9.17) is 10.4 Å². The van der Waals surface area contributed by atoms with Gasteiger partial charge in [0.1, 0.15) is 0 Å². The van der Waals surface area contributed by atoms with Crippen LogP contribution in [0.15, 0.2) is 0 Å². The van der Waals surface area contributed by atoms with Crippen molar-refractivity contribution in [1.82, 2.24) is 6.15 Å². The van der Waals surface area contributed by atoms with Gasteiger partial charge in [-0.15, -0.1) is 0 Å². The third kappa shape index (κ3) is 223. The van der Waals surface area contributed by atoms with Crippen molar-refractivity contribution in [3.05, 3.63) is 0 Å². The number of hydrogen-bond acceptors (Lipinski definition) is 4. The minimum absolute atomic E-state index is 0. The zero-order valence-electron chi connectivity index (χ0n) is 5.05. The number of aliphatic hydroxyl groups is 1. The second-order valence-corrected chi connectivity index (χ2v) is 0.224. The molecule has 0 unspecified atom stereocenters. The van der Waals surface area contributed by atoms with Crippen molar-refractivity contribution < 1.29 is 16.1 Å².